The molecule has 1 rings (SSSR count). The summed E-state index contributed by atoms with van der Waals surface area (Å²) in [6.07, 6.45) is 1.80. The molecular formula is C11H17NO. The van der Waals surface area contributed by atoms with Crippen molar-refractivity contribution in [3.05, 3.63) is 29.3 Å². The standard InChI is InChI=1S/C11H17NO/c1-3-10(12)6-9-5-4-8(2)11(13)7-9/h4-5,7,10,13H,3,6,12H2,1-2H3. The van der Waals surface area contributed by atoms with Crippen LogP contribution in [-0.4, -0.2) is 11.1 Å². The van der Waals surface area contributed by atoms with Crippen LogP contribution in [0.25, 0.3) is 0 Å². The van der Waals surface area contributed by atoms with Crippen molar-refractivity contribution in [1.29, 1.82) is 0 Å². The van der Waals surface area contributed by atoms with E-state index >= 15 is 0 Å². The second-order valence-electron chi connectivity index (χ2n) is 3.49. The highest BCUT2D eigenvalue weighted by Gasteiger charge is 2.03. The van der Waals surface area contributed by atoms with E-state index in [1.54, 1.807) is 6.07 Å². The lowest BCUT2D eigenvalue weighted by Crippen LogP contribution is -2.21. The van der Waals surface area contributed by atoms with Gasteiger partial charge in [0.25, 0.3) is 0 Å². The van der Waals surface area contributed by atoms with E-state index in [9.17, 15) is 5.11 Å². The highest BCUT2D eigenvalue weighted by atomic mass is 16.3. The van der Waals surface area contributed by atoms with E-state index in [0.717, 1.165) is 24.0 Å². The minimum atomic E-state index is 0.196. The summed E-state index contributed by atoms with van der Waals surface area (Å²) in [4.78, 5) is 0. The van der Waals surface area contributed by atoms with Crippen molar-refractivity contribution in [3.63, 3.8) is 0 Å². The molecule has 2 heteroatoms. The fourth-order valence-electron chi connectivity index (χ4n) is 1.23. The average Bonchev–Trinajstić information content (AvgIpc) is 2.11. The first kappa shape index (κ1) is 10.1. The number of aromatic hydroxyl groups is 1. The van der Waals surface area contributed by atoms with Gasteiger partial charge >= 0.3 is 0 Å². The molecular weight excluding hydrogens is 162 g/mol. The Hall–Kier alpha value is -1.02. The Morgan fingerprint density at radius 2 is 2.15 bits per heavy atom. The van der Waals surface area contributed by atoms with Crippen LogP contribution in [-0.2, 0) is 6.42 Å². The van der Waals surface area contributed by atoms with E-state index in [2.05, 4.69) is 6.92 Å². The van der Waals surface area contributed by atoms with Crippen molar-refractivity contribution >= 4 is 0 Å². The number of phenols is 1. The van der Waals surface area contributed by atoms with E-state index in [0.29, 0.717) is 5.75 Å². The molecule has 0 heterocycles. The van der Waals surface area contributed by atoms with Crippen molar-refractivity contribution in [2.75, 3.05) is 0 Å². The maximum absolute atomic E-state index is 9.44. The number of nitrogens with two attached hydrogens (primary N) is 1. The molecule has 0 saturated heterocycles. The van der Waals surface area contributed by atoms with Gasteiger partial charge in [0.1, 0.15) is 5.75 Å². The summed E-state index contributed by atoms with van der Waals surface area (Å²) in [5.41, 5.74) is 7.83. The Balaban J connectivity index is 2.73. The minimum absolute atomic E-state index is 0.196. The number of benzene rings is 1. The third kappa shape index (κ3) is 2.74. The molecule has 0 spiro atoms. The van der Waals surface area contributed by atoms with Crippen molar-refractivity contribution in [1.82, 2.24) is 0 Å². The van der Waals surface area contributed by atoms with Gasteiger partial charge in [0.05, 0.1) is 0 Å². The van der Waals surface area contributed by atoms with Gasteiger partial charge in [-0.25, -0.2) is 0 Å². The second-order valence-corrected chi connectivity index (χ2v) is 3.49. The molecule has 1 aromatic rings. The van der Waals surface area contributed by atoms with Gasteiger partial charge in [-0.15, -0.1) is 0 Å². The van der Waals surface area contributed by atoms with Crippen LogP contribution in [0.15, 0.2) is 18.2 Å². The Morgan fingerprint density at radius 3 is 2.69 bits per heavy atom. The van der Waals surface area contributed by atoms with Gasteiger partial charge in [-0.05, 0) is 37.0 Å². The monoisotopic (exact) mass is 179 g/mol. The molecule has 0 saturated carbocycles. The number of hydrogen-bond donors (Lipinski definition) is 2. The van der Waals surface area contributed by atoms with Crippen molar-refractivity contribution < 1.29 is 5.11 Å². The van der Waals surface area contributed by atoms with Crippen LogP contribution in [0.1, 0.15) is 24.5 Å². The van der Waals surface area contributed by atoms with Crippen molar-refractivity contribution in [2.45, 2.75) is 32.7 Å². The van der Waals surface area contributed by atoms with E-state index in [1.807, 2.05) is 19.1 Å². The number of rotatable bonds is 3. The minimum Gasteiger partial charge on any atom is -0.508 e. The van der Waals surface area contributed by atoms with Crippen LogP contribution >= 0.6 is 0 Å². The molecule has 0 aliphatic heterocycles. The van der Waals surface area contributed by atoms with Crippen LogP contribution in [0.3, 0.4) is 0 Å². The van der Waals surface area contributed by atoms with Gasteiger partial charge in [-0.1, -0.05) is 19.1 Å². The smallest absolute Gasteiger partial charge is 0.118 e. The third-order valence-corrected chi connectivity index (χ3v) is 2.30. The zero-order chi connectivity index (χ0) is 9.84. The van der Waals surface area contributed by atoms with Crippen LogP contribution in [0.5, 0.6) is 5.75 Å². The SMILES string of the molecule is CCC(N)Cc1ccc(C)c(O)c1. The van der Waals surface area contributed by atoms with E-state index < -0.39 is 0 Å². The van der Waals surface area contributed by atoms with Crippen molar-refractivity contribution in [2.24, 2.45) is 5.73 Å². The van der Waals surface area contributed by atoms with E-state index in [1.165, 1.54) is 0 Å². The summed E-state index contributed by atoms with van der Waals surface area (Å²) in [7, 11) is 0. The molecule has 3 N–H and O–H groups in total. The van der Waals surface area contributed by atoms with E-state index in [4.69, 9.17) is 5.73 Å². The van der Waals surface area contributed by atoms with Gasteiger partial charge in [0, 0.05) is 6.04 Å². The summed E-state index contributed by atoms with van der Waals surface area (Å²) < 4.78 is 0. The normalized spacial score (nSPS) is 12.8. The molecule has 0 radical (unpaired) electrons. The maximum atomic E-state index is 9.44. The molecule has 0 fully saturated rings. The summed E-state index contributed by atoms with van der Waals surface area (Å²) in [6.45, 7) is 3.96. The highest BCUT2D eigenvalue weighted by Crippen LogP contribution is 2.18. The first-order valence-electron chi connectivity index (χ1n) is 4.67. The lowest BCUT2D eigenvalue weighted by Gasteiger charge is -2.09. The van der Waals surface area contributed by atoms with Crippen LogP contribution in [0, 0.1) is 6.92 Å². The molecule has 13 heavy (non-hydrogen) atoms. The molecule has 1 aromatic carbocycles. The number of aryl methyl sites for hydroxylation is 1. The van der Waals surface area contributed by atoms with Gasteiger partial charge in [0.15, 0.2) is 0 Å². The summed E-state index contributed by atoms with van der Waals surface area (Å²) in [6, 6.07) is 5.93. The summed E-state index contributed by atoms with van der Waals surface area (Å²) in [5, 5.41) is 9.44. The summed E-state index contributed by atoms with van der Waals surface area (Å²) in [5.74, 6) is 0.362. The molecule has 0 aliphatic rings. The zero-order valence-electron chi connectivity index (χ0n) is 8.25. The van der Waals surface area contributed by atoms with Crippen LogP contribution in [0.4, 0.5) is 0 Å². The fourth-order valence-corrected chi connectivity index (χ4v) is 1.23. The molecule has 72 valence electrons. The second kappa shape index (κ2) is 4.28. The lowest BCUT2D eigenvalue weighted by molar-refractivity contribution is 0.470. The predicted octanol–water partition coefficient (Wildman–Crippen LogP) is 1.98. The molecule has 0 aliphatic carbocycles. The maximum Gasteiger partial charge on any atom is 0.118 e. The third-order valence-electron chi connectivity index (χ3n) is 2.30. The summed E-state index contributed by atoms with van der Waals surface area (Å²) >= 11 is 0. The van der Waals surface area contributed by atoms with Gasteiger partial charge < -0.3 is 10.8 Å². The Bertz CT molecular complexity index is 283. The quantitative estimate of drug-likeness (QED) is 0.745. The largest absolute Gasteiger partial charge is 0.508 e. The lowest BCUT2D eigenvalue weighted by atomic mass is 10.0. The molecule has 0 aromatic heterocycles. The van der Waals surface area contributed by atoms with Gasteiger partial charge in [-0.2, -0.15) is 0 Å². The number of hydrogen-bond acceptors (Lipinski definition) is 2. The van der Waals surface area contributed by atoms with Crippen LogP contribution in [0.2, 0.25) is 0 Å². The Morgan fingerprint density at radius 1 is 1.46 bits per heavy atom. The topological polar surface area (TPSA) is 46.2 Å². The fraction of sp³-hybridized carbons (Fsp3) is 0.455. The van der Waals surface area contributed by atoms with Gasteiger partial charge in [0.2, 0.25) is 0 Å². The predicted molar refractivity (Wildman–Crippen MR) is 54.8 cm³/mol. The molecule has 0 bridgehead atoms. The first-order valence-corrected chi connectivity index (χ1v) is 4.67. The van der Waals surface area contributed by atoms with Crippen molar-refractivity contribution in [3.8, 4) is 5.75 Å². The highest BCUT2D eigenvalue weighted by molar-refractivity contribution is 5.35. The van der Waals surface area contributed by atoms with E-state index in [-0.39, 0.29) is 6.04 Å². The number of phenolic OH excluding ortho intramolecular Hbond substituents is 1. The Kier molecular flexibility index (Phi) is 3.32. The molecule has 0 amide bonds. The first-order chi connectivity index (χ1) is 6.13. The molecule has 2 nitrogen and oxygen atoms in total. The average molecular weight is 179 g/mol. The molecule has 1 unspecified atom stereocenters. The zero-order valence-corrected chi connectivity index (χ0v) is 8.25. The van der Waals surface area contributed by atoms with Crippen LogP contribution < -0.4 is 5.73 Å². The molecule has 1 atom stereocenters. The Labute approximate surface area is 79.4 Å². The van der Waals surface area contributed by atoms with Gasteiger partial charge in [-0.3, -0.25) is 0 Å².